The van der Waals surface area contributed by atoms with E-state index < -0.39 is 0 Å². The van der Waals surface area contributed by atoms with E-state index in [0.29, 0.717) is 11.4 Å². The summed E-state index contributed by atoms with van der Waals surface area (Å²) in [6.45, 7) is 1.41. The summed E-state index contributed by atoms with van der Waals surface area (Å²) in [7, 11) is 0. The molecule has 0 saturated heterocycles. The molecule has 1 aromatic rings. The van der Waals surface area contributed by atoms with E-state index in [1.807, 2.05) is 0 Å². The lowest BCUT2D eigenvalue weighted by Crippen LogP contribution is -1.93. The summed E-state index contributed by atoms with van der Waals surface area (Å²) in [4.78, 5) is 10.9. The van der Waals surface area contributed by atoms with Crippen LogP contribution in [-0.2, 0) is 5.88 Å². The van der Waals surface area contributed by atoms with Gasteiger partial charge in [0.2, 0.25) is 0 Å². The topological polar surface area (TPSA) is 37.3 Å². The Hall–Kier alpha value is -1.02. The van der Waals surface area contributed by atoms with E-state index >= 15 is 0 Å². The third-order valence-electron chi connectivity index (χ3n) is 1.59. The van der Waals surface area contributed by atoms with Gasteiger partial charge in [-0.1, -0.05) is 6.07 Å². The second kappa shape index (κ2) is 3.59. The van der Waals surface area contributed by atoms with Crippen molar-refractivity contribution in [1.29, 1.82) is 0 Å². The van der Waals surface area contributed by atoms with Gasteiger partial charge in [0.25, 0.3) is 0 Å². The number of hydrogen-bond donors (Lipinski definition) is 1. The Morgan fingerprint density at radius 1 is 1.58 bits per heavy atom. The van der Waals surface area contributed by atoms with Crippen LogP contribution >= 0.6 is 11.6 Å². The Bertz CT molecular complexity index is 307. The molecule has 64 valence electrons. The van der Waals surface area contributed by atoms with Crippen LogP contribution in [0.25, 0.3) is 0 Å². The summed E-state index contributed by atoms with van der Waals surface area (Å²) in [5.74, 6) is 0.205. The lowest BCUT2D eigenvalue weighted by Gasteiger charge is -2.01. The molecule has 2 nitrogen and oxygen atoms in total. The van der Waals surface area contributed by atoms with E-state index in [0.717, 1.165) is 5.56 Å². The van der Waals surface area contributed by atoms with Crippen molar-refractivity contribution in [3.63, 3.8) is 0 Å². The summed E-state index contributed by atoms with van der Waals surface area (Å²) in [6, 6.07) is 4.77. The summed E-state index contributed by atoms with van der Waals surface area (Å²) < 4.78 is 0. The van der Waals surface area contributed by atoms with Crippen LogP contribution in [0.5, 0.6) is 5.75 Å². The van der Waals surface area contributed by atoms with Gasteiger partial charge in [-0.2, -0.15) is 0 Å². The molecule has 0 aliphatic carbocycles. The lowest BCUT2D eigenvalue weighted by molar-refractivity contribution is 0.101. The molecule has 0 heterocycles. The maximum atomic E-state index is 10.9. The van der Waals surface area contributed by atoms with E-state index in [1.54, 1.807) is 12.1 Å². The van der Waals surface area contributed by atoms with Crippen molar-refractivity contribution in [3.05, 3.63) is 29.3 Å². The van der Waals surface area contributed by atoms with Crippen LogP contribution in [0.1, 0.15) is 22.8 Å². The molecule has 0 aliphatic rings. The van der Waals surface area contributed by atoms with Crippen molar-refractivity contribution >= 4 is 17.4 Å². The van der Waals surface area contributed by atoms with Crippen molar-refractivity contribution in [3.8, 4) is 5.75 Å². The second-order valence-electron chi connectivity index (χ2n) is 2.54. The van der Waals surface area contributed by atoms with Gasteiger partial charge in [-0.3, -0.25) is 4.79 Å². The molecule has 0 saturated carbocycles. The van der Waals surface area contributed by atoms with Crippen LogP contribution in [0.15, 0.2) is 18.2 Å². The number of alkyl halides is 1. The number of ketones is 1. The zero-order valence-corrected chi connectivity index (χ0v) is 7.43. The first kappa shape index (κ1) is 9.07. The molecule has 0 spiro atoms. The van der Waals surface area contributed by atoms with Gasteiger partial charge in [-0.25, -0.2) is 0 Å². The van der Waals surface area contributed by atoms with Crippen molar-refractivity contribution in [2.24, 2.45) is 0 Å². The van der Waals surface area contributed by atoms with E-state index in [-0.39, 0.29) is 11.5 Å². The number of phenolic OH excluding ortho intramolecular Hbond substituents is 1. The number of Topliss-reactive ketones (excluding diaryl/α,β-unsaturated/α-hetero) is 1. The Balaban J connectivity index is 3.17. The monoisotopic (exact) mass is 184 g/mol. The molecule has 1 N–H and O–H groups in total. The molecule has 1 aromatic carbocycles. The standard InChI is InChI=1S/C9H9ClO2/c1-6(11)8-4-7(5-10)2-3-9(8)12/h2-4,12H,5H2,1H3. The number of benzene rings is 1. The van der Waals surface area contributed by atoms with Gasteiger partial charge in [0.1, 0.15) is 5.75 Å². The Labute approximate surface area is 75.8 Å². The Morgan fingerprint density at radius 3 is 2.75 bits per heavy atom. The van der Waals surface area contributed by atoms with E-state index in [1.165, 1.54) is 13.0 Å². The summed E-state index contributed by atoms with van der Waals surface area (Å²) in [5, 5.41) is 9.24. The van der Waals surface area contributed by atoms with E-state index in [2.05, 4.69) is 0 Å². The minimum Gasteiger partial charge on any atom is -0.507 e. The fourth-order valence-corrected chi connectivity index (χ4v) is 1.11. The molecule has 0 aliphatic heterocycles. The highest BCUT2D eigenvalue weighted by atomic mass is 35.5. The molecule has 0 bridgehead atoms. The van der Waals surface area contributed by atoms with Crippen LogP contribution in [-0.4, -0.2) is 10.9 Å². The van der Waals surface area contributed by atoms with Crippen LogP contribution in [0.4, 0.5) is 0 Å². The Morgan fingerprint density at radius 2 is 2.25 bits per heavy atom. The molecular formula is C9H9ClO2. The molecular weight excluding hydrogens is 176 g/mol. The summed E-state index contributed by atoms with van der Waals surface area (Å²) in [6.07, 6.45) is 0. The van der Waals surface area contributed by atoms with Crippen LogP contribution in [0, 0.1) is 0 Å². The van der Waals surface area contributed by atoms with Crippen LogP contribution in [0.2, 0.25) is 0 Å². The smallest absolute Gasteiger partial charge is 0.163 e. The highest BCUT2D eigenvalue weighted by Crippen LogP contribution is 2.19. The minimum absolute atomic E-state index is 0.0105. The van der Waals surface area contributed by atoms with Gasteiger partial charge < -0.3 is 5.11 Å². The highest BCUT2D eigenvalue weighted by Gasteiger charge is 2.06. The average Bonchev–Trinajstić information content (AvgIpc) is 2.05. The quantitative estimate of drug-likeness (QED) is 0.566. The molecule has 0 fully saturated rings. The first-order valence-corrected chi connectivity index (χ1v) is 4.07. The minimum atomic E-state index is -0.153. The number of rotatable bonds is 2. The number of phenols is 1. The average molecular weight is 185 g/mol. The maximum Gasteiger partial charge on any atom is 0.163 e. The molecule has 12 heavy (non-hydrogen) atoms. The molecule has 0 aromatic heterocycles. The number of aromatic hydroxyl groups is 1. The third-order valence-corrected chi connectivity index (χ3v) is 1.90. The highest BCUT2D eigenvalue weighted by molar-refractivity contribution is 6.17. The largest absolute Gasteiger partial charge is 0.507 e. The van der Waals surface area contributed by atoms with Gasteiger partial charge in [-0.15, -0.1) is 11.6 Å². The van der Waals surface area contributed by atoms with E-state index in [4.69, 9.17) is 11.6 Å². The van der Waals surface area contributed by atoms with Gasteiger partial charge >= 0.3 is 0 Å². The normalized spacial score (nSPS) is 9.83. The SMILES string of the molecule is CC(=O)c1cc(CCl)ccc1O. The summed E-state index contributed by atoms with van der Waals surface area (Å²) in [5.41, 5.74) is 1.16. The van der Waals surface area contributed by atoms with Gasteiger partial charge in [0.05, 0.1) is 5.56 Å². The Kier molecular flexibility index (Phi) is 2.71. The van der Waals surface area contributed by atoms with Crippen molar-refractivity contribution < 1.29 is 9.90 Å². The molecule has 0 amide bonds. The fraction of sp³-hybridized carbons (Fsp3) is 0.222. The second-order valence-corrected chi connectivity index (χ2v) is 2.81. The number of carbonyl (C=O) groups is 1. The first-order valence-electron chi connectivity index (χ1n) is 3.54. The number of carbonyl (C=O) groups excluding carboxylic acids is 1. The lowest BCUT2D eigenvalue weighted by atomic mass is 10.1. The van der Waals surface area contributed by atoms with Crippen LogP contribution < -0.4 is 0 Å². The molecule has 0 atom stereocenters. The molecule has 1 rings (SSSR count). The van der Waals surface area contributed by atoms with Crippen LogP contribution in [0.3, 0.4) is 0 Å². The molecule has 0 radical (unpaired) electrons. The van der Waals surface area contributed by atoms with E-state index in [9.17, 15) is 9.90 Å². The van der Waals surface area contributed by atoms with Crippen molar-refractivity contribution in [2.75, 3.05) is 0 Å². The predicted octanol–water partition coefficient (Wildman–Crippen LogP) is 2.33. The van der Waals surface area contributed by atoms with Gasteiger partial charge in [-0.05, 0) is 24.6 Å². The van der Waals surface area contributed by atoms with Crippen molar-refractivity contribution in [1.82, 2.24) is 0 Å². The van der Waals surface area contributed by atoms with Crippen molar-refractivity contribution in [2.45, 2.75) is 12.8 Å². The molecule has 0 unspecified atom stereocenters. The summed E-state index contributed by atoms with van der Waals surface area (Å²) >= 11 is 5.56. The van der Waals surface area contributed by atoms with Gasteiger partial charge in [0, 0.05) is 5.88 Å². The maximum absolute atomic E-state index is 10.9. The fourth-order valence-electron chi connectivity index (χ4n) is 0.948. The number of halogens is 1. The third kappa shape index (κ3) is 1.77. The zero-order chi connectivity index (χ0) is 9.14. The van der Waals surface area contributed by atoms with Gasteiger partial charge in [0.15, 0.2) is 5.78 Å². The predicted molar refractivity (Wildman–Crippen MR) is 47.7 cm³/mol. The number of hydrogen-bond acceptors (Lipinski definition) is 2. The first-order chi connectivity index (χ1) is 5.65. The zero-order valence-electron chi connectivity index (χ0n) is 6.67. The molecule has 3 heteroatoms.